The molecule has 1 rings (SSSR count). The molecule has 0 spiro atoms. The number of rotatable bonds is 2. The predicted molar refractivity (Wildman–Crippen MR) is 51.7 cm³/mol. The molecule has 0 saturated heterocycles. The normalized spacial score (nSPS) is 10.2. The molecule has 0 bridgehead atoms. The van der Waals surface area contributed by atoms with Crippen LogP contribution < -0.4 is 4.57 Å². The highest BCUT2D eigenvalue weighted by atomic mass is 16.1. The van der Waals surface area contributed by atoms with Crippen LogP contribution in [0.25, 0.3) is 0 Å². The summed E-state index contributed by atoms with van der Waals surface area (Å²) in [7, 11) is 2.00. The fourth-order valence-electron chi connectivity index (χ4n) is 1.55. The van der Waals surface area contributed by atoms with Crippen molar-refractivity contribution in [1.82, 2.24) is 0 Å². The van der Waals surface area contributed by atoms with Crippen LogP contribution in [0.5, 0.6) is 0 Å². The molecule has 0 aromatic carbocycles. The zero-order valence-corrected chi connectivity index (χ0v) is 8.72. The van der Waals surface area contributed by atoms with E-state index in [-0.39, 0.29) is 5.78 Å². The molecular weight excluding hydrogens is 162 g/mol. The van der Waals surface area contributed by atoms with Gasteiger partial charge >= 0.3 is 0 Å². The number of aromatic nitrogens is 1. The van der Waals surface area contributed by atoms with Crippen molar-refractivity contribution in [3.8, 4) is 0 Å². The lowest BCUT2D eigenvalue weighted by Gasteiger charge is -2.04. The van der Waals surface area contributed by atoms with E-state index >= 15 is 0 Å². The molecule has 0 aliphatic rings. The van der Waals surface area contributed by atoms with Gasteiger partial charge < -0.3 is 0 Å². The second-order valence-corrected chi connectivity index (χ2v) is 3.30. The first kappa shape index (κ1) is 9.90. The van der Waals surface area contributed by atoms with Crippen LogP contribution in [0.4, 0.5) is 0 Å². The molecule has 0 amide bonds. The third-order valence-corrected chi connectivity index (χ3v) is 2.45. The summed E-state index contributed by atoms with van der Waals surface area (Å²) in [6, 6.07) is 3.90. The predicted octanol–water partition coefficient (Wildman–Crippen LogP) is 1.58. The largest absolute Gasteiger partial charge is 0.294 e. The molecule has 1 aromatic heterocycles. The van der Waals surface area contributed by atoms with Gasteiger partial charge in [0.2, 0.25) is 0 Å². The monoisotopic (exact) mass is 178 g/mol. The highest BCUT2D eigenvalue weighted by molar-refractivity contribution is 5.94. The van der Waals surface area contributed by atoms with Crippen molar-refractivity contribution in [2.24, 2.45) is 7.05 Å². The SMILES string of the molecule is CCc1c(C(C)=O)ccc(C)[n+]1C. The van der Waals surface area contributed by atoms with E-state index in [0.717, 1.165) is 17.7 Å². The van der Waals surface area contributed by atoms with E-state index in [1.807, 2.05) is 26.1 Å². The van der Waals surface area contributed by atoms with Crippen molar-refractivity contribution in [2.45, 2.75) is 27.2 Å². The van der Waals surface area contributed by atoms with Gasteiger partial charge in [0.05, 0.1) is 5.56 Å². The molecule has 0 radical (unpaired) electrons. The number of aryl methyl sites for hydroxylation is 1. The second kappa shape index (κ2) is 3.69. The Bertz CT molecular complexity index is 342. The van der Waals surface area contributed by atoms with Gasteiger partial charge in [0.25, 0.3) is 0 Å². The fourth-order valence-corrected chi connectivity index (χ4v) is 1.55. The van der Waals surface area contributed by atoms with Gasteiger partial charge in [-0.2, -0.15) is 0 Å². The quantitative estimate of drug-likeness (QED) is 0.497. The standard InChI is InChI=1S/C11H16NO/c1-5-11-10(9(3)13)7-6-8(2)12(11)4/h6-7H,5H2,1-4H3/q+1. The van der Waals surface area contributed by atoms with Crippen LogP contribution in [0, 0.1) is 6.92 Å². The maximum Gasteiger partial charge on any atom is 0.191 e. The molecule has 70 valence electrons. The third kappa shape index (κ3) is 1.77. The lowest BCUT2D eigenvalue weighted by molar-refractivity contribution is -0.685. The summed E-state index contributed by atoms with van der Waals surface area (Å²) in [4.78, 5) is 11.3. The smallest absolute Gasteiger partial charge is 0.191 e. The Labute approximate surface area is 79.2 Å². The lowest BCUT2D eigenvalue weighted by atomic mass is 10.1. The summed E-state index contributed by atoms with van der Waals surface area (Å²) in [6.45, 7) is 5.73. The van der Waals surface area contributed by atoms with Gasteiger partial charge in [-0.3, -0.25) is 4.79 Å². The van der Waals surface area contributed by atoms with Gasteiger partial charge in [0, 0.05) is 19.4 Å². The van der Waals surface area contributed by atoms with Crippen LogP contribution in [0.2, 0.25) is 0 Å². The molecule has 0 atom stereocenters. The summed E-state index contributed by atoms with van der Waals surface area (Å²) < 4.78 is 2.08. The molecule has 1 aromatic rings. The number of nitrogens with zero attached hydrogens (tertiary/aromatic N) is 1. The van der Waals surface area contributed by atoms with Crippen molar-refractivity contribution in [3.05, 3.63) is 29.1 Å². The van der Waals surface area contributed by atoms with Crippen molar-refractivity contribution < 1.29 is 9.36 Å². The topological polar surface area (TPSA) is 20.9 Å². The molecular formula is C11H16NO+. The molecule has 2 heteroatoms. The molecule has 0 saturated carbocycles. The average Bonchev–Trinajstić information content (AvgIpc) is 2.09. The highest BCUT2D eigenvalue weighted by Crippen LogP contribution is 2.06. The van der Waals surface area contributed by atoms with Gasteiger partial charge in [0.1, 0.15) is 7.05 Å². The van der Waals surface area contributed by atoms with Gasteiger partial charge in [-0.25, -0.2) is 4.57 Å². The molecule has 1 heterocycles. The number of ketones is 1. The van der Waals surface area contributed by atoms with E-state index in [0.29, 0.717) is 0 Å². The lowest BCUT2D eigenvalue weighted by Crippen LogP contribution is -2.38. The minimum atomic E-state index is 0.146. The van der Waals surface area contributed by atoms with Crippen LogP contribution >= 0.6 is 0 Å². The van der Waals surface area contributed by atoms with Gasteiger partial charge in [-0.15, -0.1) is 0 Å². The maximum atomic E-state index is 11.3. The Morgan fingerprint density at radius 2 is 2.08 bits per heavy atom. The summed E-state index contributed by atoms with van der Waals surface area (Å²) in [5.74, 6) is 0.146. The number of hydrogen-bond donors (Lipinski definition) is 0. The first-order valence-corrected chi connectivity index (χ1v) is 4.57. The Hall–Kier alpha value is -1.18. The summed E-state index contributed by atoms with van der Waals surface area (Å²) in [6.07, 6.45) is 0.896. The Morgan fingerprint density at radius 1 is 1.46 bits per heavy atom. The van der Waals surface area contributed by atoms with E-state index < -0.39 is 0 Å². The van der Waals surface area contributed by atoms with Crippen molar-refractivity contribution in [2.75, 3.05) is 0 Å². The van der Waals surface area contributed by atoms with Crippen LogP contribution in [-0.2, 0) is 13.5 Å². The molecule has 0 aliphatic heterocycles. The summed E-state index contributed by atoms with van der Waals surface area (Å²) in [5, 5.41) is 0. The van der Waals surface area contributed by atoms with Crippen LogP contribution in [0.15, 0.2) is 12.1 Å². The number of hydrogen-bond acceptors (Lipinski definition) is 1. The maximum absolute atomic E-state index is 11.3. The molecule has 0 N–H and O–H groups in total. The van der Waals surface area contributed by atoms with Crippen molar-refractivity contribution in [3.63, 3.8) is 0 Å². The molecule has 0 fully saturated rings. The third-order valence-electron chi connectivity index (χ3n) is 2.45. The van der Waals surface area contributed by atoms with E-state index in [1.54, 1.807) is 6.92 Å². The summed E-state index contributed by atoms with van der Waals surface area (Å²) in [5.41, 5.74) is 3.14. The van der Waals surface area contributed by atoms with E-state index in [1.165, 1.54) is 5.69 Å². The van der Waals surface area contributed by atoms with Gasteiger partial charge in [-0.05, 0) is 13.0 Å². The zero-order valence-electron chi connectivity index (χ0n) is 8.72. The van der Waals surface area contributed by atoms with Crippen molar-refractivity contribution >= 4 is 5.78 Å². The number of Topliss-reactive ketones (excluding diaryl/α,β-unsaturated/α-hetero) is 1. The van der Waals surface area contributed by atoms with Crippen LogP contribution in [0.3, 0.4) is 0 Å². The van der Waals surface area contributed by atoms with E-state index in [4.69, 9.17) is 0 Å². The Balaban J connectivity index is 3.38. The first-order valence-electron chi connectivity index (χ1n) is 4.57. The second-order valence-electron chi connectivity index (χ2n) is 3.30. The van der Waals surface area contributed by atoms with Crippen molar-refractivity contribution in [1.29, 1.82) is 0 Å². The highest BCUT2D eigenvalue weighted by Gasteiger charge is 2.16. The molecule has 0 unspecified atom stereocenters. The molecule has 2 nitrogen and oxygen atoms in total. The van der Waals surface area contributed by atoms with Gasteiger partial charge in [-0.1, -0.05) is 6.92 Å². The average molecular weight is 178 g/mol. The molecule has 13 heavy (non-hydrogen) atoms. The van der Waals surface area contributed by atoms with E-state index in [9.17, 15) is 4.79 Å². The first-order chi connectivity index (χ1) is 6.07. The summed E-state index contributed by atoms with van der Waals surface area (Å²) >= 11 is 0. The minimum Gasteiger partial charge on any atom is -0.294 e. The van der Waals surface area contributed by atoms with Gasteiger partial charge in [0.15, 0.2) is 17.2 Å². The number of carbonyl (C=O) groups is 1. The van der Waals surface area contributed by atoms with Crippen LogP contribution in [-0.4, -0.2) is 5.78 Å². The van der Waals surface area contributed by atoms with Crippen LogP contribution in [0.1, 0.15) is 35.6 Å². The fraction of sp³-hybridized carbons (Fsp3) is 0.455. The zero-order chi connectivity index (χ0) is 10.0. The Kier molecular flexibility index (Phi) is 2.81. The number of carbonyl (C=O) groups excluding carboxylic acids is 1. The minimum absolute atomic E-state index is 0.146. The Morgan fingerprint density at radius 3 is 2.54 bits per heavy atom. The molecule has 0 aliphatic carbocycles. The van der Waals surface area contributed by atoms with E-state index in [2.05, 4.69) is 11.5 Å². The number of pyridine rings is 1.